The lowest BCUT2D eigenvalue weighted by Crippen LogP contribution is -1.97. The van der Waals surface area contributed by atoms with E-state index in [1.807, 2.05) is 7.85 Å². The fraction of sp³-hybridized carbons (Fsp3) is 0. The smallest absolute Gasteiger partial charge is 0.154 e. The SMILES string of the molecule is Bc1nnc(Cl)s1. The third-order valence-corrected chi connectivity index (χ3v) is 1.44. The normalized spacial score (nSPS) is 9.29. The van der Waals surface area contributed by atoms with Gasteiger partial charge >= 0.3 is 0 Å². The van der Waals surface area contributed by atoms with E-state index < -0.39 is 0 Å². The molecule has 0 fully saturated rings. The zero-order valence-corrected chi connectivity index (χ0v) is 5.25. The average Bonchev–Trinajstić information content (AvgIpc) is 1.87. The van der Waals surface area contributed by atoms with E-state index in [0.29, 0.717) is 4.47 Å². The average molecular weight is 132 g/mol. The predicted molar refractivity (Wildman–Crippen MR) is 33.1 cm³/mol. The van der Waals surface area contributed by atoms with Crippen LogP contribution < -0.4 is 4.91 Å². The van der Waals surface area contributed by atoms with Crippen molar-refractivity contribution < 1.29 is 0 Å². The molecule has 1 aromatic rings. The third kappa shape index (κ3) is 1.14. The maximum atomic E-state index is 5.41. The van der Waals surface area contributed by atoms with Crippen molar-refractivity contribution in [3.63, 3.8) is 0 Å². The second-order valence-corrected chi connectivity index (χ2v) is 2.84. The Balaban J connectivity index is 3.04. The van der Waals surface area contributed by atoms with Gasteiger partial charge in [0.25, 0.3) is 0 Å². The van der Waals surface area contributed by atoms with Crippen molar-refractivity contribution in [2.24, 2.45) is 0 Å². The fourth-order valence-electron chi connectivity index (χ4n) is 0.272. The molecule has 0 saturated carbocycles. The van der Waals surface area contributed by atoms with Crippen LogP contribution in [0.4, 0.5) is 0 Å². The first-order chi connectivity index (χ1) is 3.29. The van der Waals surface area contributed by atoms with Gasteiger partial charge in [-0.3, -0.25) is 0 Å². The molecular formula is C2H2BClN2S. The van der Waals surface area contributed by atoms with E-state index in [1.165, 1.54) is 11.3 Å². The van der Waals surface area contributed by atoms with Gasteiger partial charge in [0.2, 0.25) is 4.47 Å². The molecule has 0 aliphatic heterocycles. The summed E-state index contributed by atoms with van der Waals surface area (Å²) < 4.78 is 0.512. The van der Waals surface area contributed by atoms with Crippen LogP contribution in [-0.4, -0.2) is 18.0 Å². The van der Waals surface area contributed by atoms with Gasteiger partial charge in [0, 0.05) is 0 Å². The molecule has 0 aromatic carbocycles. The second-order valence-electron chi connectivity index (χ2n) is 1.07. The highest BCUT2D eigenvalue weighted by Crippen LogP contribution is 2.04. The van der Waals surface area contributed by atoms with Crippen LogP contribution in [0.1, 0.15) is 0 Å². The minimum Gasteiger partial charge on any atom is -0.154 e. The summed E-state index contributed by atoms with van der Waals surface area (Å²) in [5, 5.41) is 7.20. The highest BCUT2D eigenvalue weighted by atomic mass is 35.5. The monoisotopic (exact) mass is 132 g/mol. The standard InChI is InChI=1S/C2H2BClN2S/c3-1-5-6-2(4)7-1/h3H2. The highest BCUT2D eigenvalue weighted by molar-refractivity contribution is 7.22. The van der Waals surface area contributed by atoms with Gasteiger partial charge in [-0.1, -0.05) is 11.3 Å². The summed E-state index contributed by atoms with van der Waals surface area (Å²) in [6.45, 7) is 0. The van der Waals surface area contributed by atoms with Crippen LogP contribution in [0.5, 0.6) is 0 Å². The summed E-state index contributed by atoms with van der Waals surface area (Å²) in [6.07, 6.45) is 0. The van der Waals surface area contributed by atoms with Gasteiger partial charge in [-0.2, -0.15) is 5.10 Å². The van der Waals surface area contributed by atoms with Gasteiger partial charge < -0.3 is 0 Å². The molecule has 0 saturated heterocycles. The molecule has 1 aromatic heterocycles. The van der Waals surface area contributed by atoms with E-state index in [1.54, 1.807) is 0 Å². The molecule has 0 amide bonds. The number of rotatable bonds is 0. The van der Waals surface area contributed by atoms with Crippen LogP contribution in [0, 0.1) is 0 Å². The molecule has 0 N–H and O–H groups in total. The lowest BCUT2D eigenvalue weighted by molar-refractivity contribution is 1.11. The summed E-state index contributed by atoms with van der Waals surface area (Å²) >= 11 is 6.79. The van der Waals surface area contributed by atoms with E-state index in [4.69, 9.17) is 11.6 Å². The molecular weight excluding hydrogens is 130 g/mol. The van der Waals surface area contributed by atoms with Gasteiger partial charge in [-0.15, -0.1) is 5.10 Å². The zero-order valence-electron chi connectivity index (χ0n) is 3.68. The molecule has 1 rings (SSSR count). The van der Waals surface area contributed by atoms with Crippen molar-refractivity contribution in [2.45, 2.75) is 0 Å². The number of halogens is 1. The minimum atomic E-state index is 0.512. The van der Waals surface area contributed by atoms with Crippen LogP contribution in [0.2, 0.25) is 4.47 Å². The van der Waals surface area contributed by atoms with Gasteiger partial charge in [0.05, 0.1) is 4.91 Å². The molecule has 1 heterocycles. The third-order valence-electron chi connectivity index (χ3n) is 0.501. The lowest BCUT2D eigenvalue weighted by atomic mass is 10.2. The van der Waals surface area contributed by atoms with Gasteiger partial charge in [-0.05, 0) is 11.6 Å². The number of aromatic nitrogens is 2. The van der Waals surface area contributed by atoms with E-state index in [-0.39, 0.29) is 0 Å². The molecule has 0 unspecified atom stereocenters. The highest BCUT2D eigenvalue weighted by Gasteiger charge is 1.90. The Hall–Kier alpha value is -0.0851. The van der Waals surface area contributed by atoms with Crippen molar-refractivity contribution in [2.75, 3.05) is 0 Å². The number of hydrogen-bond donors (Lipinski definition) is 0. The quantitative estimate of drug-likeness (QED) is 0.443. The number of nitrogens with zero attached hydrogens (tertiary/aromatic N) is 2. The van der Waals surface area contributed by atoms with Crippen molar-refractivity contribution >= 4 is 35.7 Å². The molecule has 36 valence electrons. The fourth-order valence-corrected chi connectivity index (χ4v) is 1.05. The van der Waals surface area contributed by atoms with E-state index in [0.717, 1.165) is 4.91 Å². The summed E-state index contributed by atoms with van der Waals surface area (Å²) in [5.74, 6) is 0. The Bertz CT molecular complexity index is 148. The summed E-state index contributed by atoms with van der Waals surface area (Å²) in [6, 6.07) is 0. The Morgan fingerprint density at radius 1 is 1.57 bits per heavy atom. The predicted octanol–water partition coefficient (Wildman–Crippen LogP) is -0.550. The maximum absolute atomic E-state index is 5.41. The van der Waals surface area contributed by atoms with Crippen LogP contribution in [0.3, 0.4) is 0 Å². The molecule has 0 radical (unpaired) electrons. The molecule has 5 heteroatoms. The van der Waals surface area contributed by atoms with E-state index in [9.17, 15) is 0 Å². The van der Waals surface area contributed by atoms with E-state index in [2.05, 4.69) is 10.2 Å². The minimum absolute atomic E-state index is 0.512. The van der Waals surface area contributed by atoms with Crippen molar-refractivity contribution in [3.05, 3.63) is 4.47 Å². The largest absolute Gasteiger partial charge is 0.206 e. The van der Waals surface area contributed by atoms with Gasteiger partial charge in [-0.25, -0.2) is 0 Å². The molecule has 0 spiro atoms. The van der Waals surface area contributed by atoms with Crippen LogP contribution >= 0.6 is 22.9 Å². The van der Waals surface area contributed by atoms with Crippen molar-refractivity contribution in [1.82, 2.24) is 10.2 Å². The van der Waals surface area contributed by atoms with Crippen molar-refractivity contribution in [3.8, 4) is 0 Å². The first kappa shape index (κ1) is 5.06. The Labute approximate surface area is 50.9 Å². The lowest BCUT2D eigenvalue weighted by Gasteiger charge is -1.62. The molecule has 0 aliphatic rings. The summed E-state index contributed by atoms with van der Waals surface area (Å²) in [7, 11) is 1.86. The molecule has 0 aliphatic carbocycles. The first-order valence-electron chi connectivity index (χ1n) is 1.74. The van der Waals surface area contributed by atoms with Crippen LogP contribution in [0.25, 0.3) is 0 Å². The molecule has 0 bridgehead atoms. The van der Waals surface area contributed by atoms with Gasteiger partial charge in [0.1, 0.15) is 0 Å². The second kappa shape index (κ2) is 1.80. The molecule has 0 atom stereocenters. The van der Waals surface area contributed by atoms with Crippen molar-refractivity contribution in [1.29, 1.82) is 0 Å². The maximum Gasteiger partial charge on any atom is 0.206 e. The van der Waals surface area contributed by atoms with Crippen LogP contribution in [-0.2, 0) is 0 Å². The Kier molecular flexibility index (Phi) is 1.30. The Morgan fingerprint density at radius 2 is 2.29 bits per heavy atom. The summed E-state index contributed by atoms with van der Waals surface area (Å²) in [5.41, 5.74) is 0. The van der Waals surface area contributed by atoms with Gasteiger partial charge in [0.15, 0.2) is 7.85 Å². The first-order valence-corrected chi connectivity index (χ1v) is 2.94. The van der Waals surface area contributed by atoms with Crippen LogP contribution in [0.15, 0.2) is 0 Å². The topological polar surface area (TPSA) is 25.8 Å². The molecule has 2 nitrogen and oxygen atoms in total. The Morgan fingerprint density at radius 3 is 2.43 bits per heavy atom. The zero-order chi connectivity index (χ0) is 5.28. The molecule has 7 heavy (non-hydrogen) atoms. The summed E-state index contributed by atoms with van der Waals surface area (Å²) in [4.78, 5) is 0.907. The van der Waals surface area contributed by atoms with E-state index >= 15 is 0 Å². The number of hydrogen-bond acceptors (Lipinski definition) is 3.